The van der Waals surface area contributed by atoms with E-state index < -0.39 is 15.0 Å². The average molecular weight is 586 g/mol. The standard InChI is InChI=1S/C17H16I2O7/c1-17(19,9-18)16(23)25-5-4-24-14(21)6-10-7-15(22)26-13-8-11(20)2-3-12(10)13/h2-3,7-8,20H,4-6,9H2,1H3. The second-order valence-electron chi connectivity index (χ2n) is 5.64. The maximum absolute atomic E-state index is 12.0. The van der Waals surface area contributed by atoms with Gasteiger partial charge in [-0.2, -0.15) is 0 Å². The highest BCUT2D eigenvalue weighted by Gasteiger charge is 2.30. The van der Waals surface area contributed by atoms with Gasteiger partial charge in [0.1, 0.15) is 28.0 Å². The Bertz CT molecular complexity index is 873. The molecule has 0 fully saturated rings. The zero-order chi connectivity index (χ0) is 19.3. The summed E-state index contributed by atoms with van der Waals surface area (Å²) in [4.78, 5) is 35.4. The van der Waals surface area contributed by atoms with Gasteiger partial charge in [-0.05, 0) is 24.6 Å². The molecule has 0 aliphatic heterocycles. The molecule has 0 radical (unpaired) electrons. The zero-order valence-corrected chi connectivity index (χ0v) is 18.1. The molecule has 1 aromatic carbocycles. The van der Waals surface area contributed by atoms with Crippen molar-refractivity contribution < 1.29 is 28.6 Å². The van der Waals surface area contributed by atoms with Crippen LogP contribution >= 0.6 is 45.2 Å². The molecule has 140 valence electrons. The van der Waals surface area contributed by atoms with Crippen LogP contribution in [0.2, 0.25) is 0 Å². The molecule has 0 aliphatic carbocycles. The Morgan fingerprint density at radius 2 is 1.92 bits per heavy atom. The summed E-state index contributed by atoms with van der Waals surface area (Å²) in [6, 6.07) is 5.51. The molecule has 9 heteroatoms. The summed E-state index contributed by atoms with van der Waals surface area (Å²) in [6.07, 6.45) is -0.140. The molecule has 2 rings (SSSR count). The number of carbonyl (C=O) groups is 2. The topological polar surface area (TPSA) is 103 Å². The average Bonchev–Trinajstić information content (AvgIpc) is 2.57. The van der Waals surface area contributed by atoms with Gasteiger partial charge in [0, 0.05) is 21.9 Å². The number of alkyl halides is 2. The predicted octanol–water partition coefficient (Wildman–Crippen LogP) is 2.76. The summed E-state index contributed by atoms with van der Waals surface area (Å²) < 4.78 is 15.1. The molecule has 2 aromatic rings. The van der Waals surface area contributed by atoms with Crippen molar-refractivity contribution >= 4 is 68.1 Å². The van der Waals surface area contributed by atoms with E-state index in [9.17, 15) is 19.5 Å². The maximum Gasteiger partial charge on any atom is 0.336 e. The highest BCUT2D eigenvalue weighted by molar-refractivity contribution is 14.1. The third kappa shape index (κ3) is 5.56. The number of hydrogen-bond acceptors (Lipinski definition) is 7. The van der Waals surface area contributed by atoms with Crippen LogP contribution in [0.3, 0.4) is 0 Å². The Morgan fingerprint density at radius 1 is 1.23 bits per heavy atom. The first kappa shape index (κ1) is 20.9. The highest BCUT2D eigenvalue weighted by atomic mass is 127. The summed E-state index contributed by atoms with van der Waals surface area (Å²) in [5.74, 6) is -0.974. The van der Waals surface area contributed by atoms with Crippen LogP contribution in [0.25, 0.3) is 11.0 Å². The Kier molecular flexibility index (Phi) is 7.26. The summed E-state index contributed by atoms with van der Waals surface area (Å²) in [6.45, 7) is 1.66. The third-order valence-corrected chi connectivity index (χ3v) is 7.21. The van der Waals surface area contributed by atoms with Gasteiger partial charge in [-0.15, -0.1) is 0 Å². The van der Waals surface area contributed by atoms with E-state index in [1.807, 2.05) is 22.6 Å². The molecule has 0 bridgehead atoms. The van der Waals surface area contributed by atoms with E-state index in [1.54, 1.807) is 13.0 Å². The van der Waals surface area contributed by atoms with Crippen LogP contribution in [0.5, 0.6) is 5.75 Å². The largest absolute Gasteiger partial charge is 0.508 e. The van der Waals surface area contributed by atoms with Gasteiger partial charge in [-0.1, -0.05) is 45.2 Å². The number of hydrogen-bond donors (Lipinski definition) is 1. The van der Waals surface area contributed by atoms with Crippen molar-refractivity contribution in [1.29, 1.82) is 0 Å². The van der Waals surface area contributed by atoms with Gasteiger partial charge < -0.3 is 19.0 Å². The highest BCUT2D eigenvalue weighted by Crippen LogP contribution is 2.23. The number of aromatic hydroxyl groups is 1. The van der Waals surface area contributed by atoms with E-state index in [4.69, 9.17) is 13.9 Å². The second kappa shape index (κ2) is 9.02. The molecule has 0 amide bonds. The minimum Gasteiger partial charge on any atom is -0.508 e. The second-order valence-corrected chi connectivity index (χ2v) is 8.78. The number of phenolic OH excluding ortho intramolecular Hbond substituents is 1. The molecule has 7 nitrogen and oxygen atoms in total. The van der Waals surface area contributed by atoms with Crippen molar-refractivity contribution in [3.8, 4) is 5.75 Å². The quantitative estimate of drug-likeness (QED) is 0.175. The monoisotopic (exact) mass is 586 g/mol. The van der Waals surface area contributed by atoms with E-state index in [1.165, 1.54) is 18.2 Å². The molecule has 0 aliphatic rings. The molecule has 0 saturated heterocycles. The minimum absolute atomic E-state index is 0.0364. The van der Waals surface area contributed by atoms with Crippen LogP contribution in [-0.2, 0) is 25.5 Å². The summed E-state index contributed by atoms with van der Waals surface area (Å²) in [7, 11) is 0. The van der Waals surface area contributed by atoms with Gasteiger partial charge in [0.2, 0.25) is 0 Å². The molecule has 1 aromatic heterocycles. The molecule has 1 N–H and O–H groups in total. The van der Waals surface area contributed by atoms with Gasteiger partial charge in [-0.3, -0.25) is 9.59 Å². The van der Waals surface area contributed by atoms with Crippen molar-refractivity contribution in [3.05, 3.63) is 40.2 Å². The Morgan fingerprint density at radius 3 is 2.62 bits per heavy atom. The SMILES string of the molecule is CC(I)(CI)C(=O)OCCOC(=O)Cc1cc(=O)oc2cc(O)ccc12. The van der Waals surface area contributed by atoms with Crippen LogP contribution in [0.15, 0.2) is 33.5 Å². The van der Waals surface area contributed by atoms with Gasteiger partial charge >= 0.3 is 17.6 Å². The van der Waals surface area contributed by atoms with Gasteiger partial charge in [0.25, 0.3) is 0 Å². The first-order valence-electron chi connectivity index (χ1n) is 7.56. The third-order valence-electron chi connectivity index (χ3n) is 3.40. The van der Waals surface area contributed by atoms with Crippen LogP contribution in [0.4, 0.5) is 0 Å². The summed E-state index contributed by atoms with van der Waals surface area (Å²) >= 11 is 4.11. The number of ether oxygens (including phenoxy) is 2. The van der Waals surface area contributed by atoms with E-state index >= 15 is 0 Å². The lowest BCUT2D eigenvalue weighted by atomic mass is 10.1. The zero-order valence-electron chi connectivity index (χ0n) is 13.8. The van der Waals surface area contributed by atoms with Crippen molar-refractivity contribution in [3.63, 3.8) is 0 Å². The van der Waals surface area contributed by atoms with Crippen LogP contribution in [0, 0.1) is 0 Å². The Hall–Kier alpha value is -1.37. The van der Waals surface area contributed by atoms with Crippen LogP contribution in [0.1, 0.15) is 12.5 Å². The summed E-state index contributed by atoms with van der Waals surface area (Å²) in [5, 5.41) is 10.00. The van der Waals surface area contributed by atoms with Crippen LogP contribution in [-0.4, -0.2) is 38.1 Å². The number of rotatable bonds is 7. The Balaban J connectivity index is 1.94. The molecular weight excluding hydrogens is 570 g/mol. The van der Waals surface area contributed by atoms with Gasteiger partial charge in [0.15, 0.2) is 0 Å². The Labute approximate surface area is 176 Å². The number of halogens is 2. The molecule has 26 heavy (non-hydrogen) atoms. The number of benzene rings is 1. The predicted molar refractivity (Wildman–Crippen MR) is 111 cm³/mol. The van der Waals surface area contributed by atoms with Gasteiger partial charge in [-0.25, -0.2) is 4.79 Å². The smallest absolute Gasteiger partial charge is 0.336 e. The van der Waals surface area contributed by atoms with Crippen molar-refractivity contribution in [1.82, 2.24) is 0 Å². The number of carbonyl (C=O) groups excluding carboxylic acids is 2. The normalized spacial score (nSPS) is 13.2. The van der Waals surface area contributed by atoms with Crippen molar-refractivity contribution in [2.45, 2.75) is 16.8 Å². The van der Waals surface area contributed by atoms with Crippen LogP contribution < -0.4 is 5.63 Å². The molecular formula is C17H16I2O7. The fourth-order valence-electron chi connectivity index (χ4n) is 2.07. The molecule has 1 heterocycles. The van der Waals surface area contributed by atoms with E-state index in [0.29, 0.717) is 15.4 Å². The first-order chi connectivity index (χ1) is 12.2. The molecule has 1 atom stereocenters. The van der Waals surface area contributed by atoms with E-state index in [-0.39, 0.29) is 36.9 Å². The van der Waals surface area contributed by atoms with Gasteiger partial charge in [0.05, 0.1) is 6.42 Å². The number of phenols is 1. The van der Waals surface area contributed by atoms with Crippen molar-refractivity contribution in [2.24, 2.45) is 0 Å². The maximum atomic E-state index is 12.0. The lowest BCUT2D eigenvalue weighted by Crippen LogP contribution is -2.32. The minimum atomic E-state index is -0.625. The van der Waals surface area contributed by atoms with Crippen molar-refractivity contribution in [2.75, 3.05) is 17.6 Å². The van der Waals surface area contributed by atoms with E-state index in [2.05, 4.69) is 22.6 Å². The molecule has 0 spiro atoms. The fourth-order valence-corrected chi connectivity index (χ4v) is 2.53. The fraction of sp³-hybridized carbons (Fsp3) is 0.353. The lowest BCUT2D eigenvalue weighted by Gasteiger charge is -2.17. The lowest BCUT2D eigenvalue weighted by molar-refractivity contribution is -0.152. The number of fused-ring (bicyclic) bond motifs is 1. The first-order valence-corrected chi connectivity index (χ1v) is 10.2. The summed E-state index contributed by atoms with van der Waals surface area (Å²) in [5.41, 5.74) is -0.00249. The molecule has 0 saturated carbocycles. The number of esters is 2. The van der Waals surface area contributed by atoms with E-state index in [0.717, 1.165) is 0 Å². The molecule has 1 unspecified atom stereocenters.